The molecule has 0 saturated carbocycles. The largest absolute Gasteiger partial charge is 3.00 e. The van der Waals surface area contributed by atoms with Crippen molar-refractivity contribution in [1.29, 1.82) is 0 Å². The third kappa shape index (κ3) is 737. The molecule has 0 bridgehead atoms. The summed E-state index contributed by atoms with van der Waals surface area (Å²) in [6.45, 7) is 0. The first-order chi connectivity index (χ1) is 4.24. The first-order valence-corrected chi connectivity index (χ1v) is 3.29. The molecular weight excluding hydrogens is 244 g/mol. The van der Waals surface area contributed by atoms with E-state index in [1.807, 2.05) is 0 Å². The normalized spacial score (nSPS) is 5.10. The van der Waals surface area contributed by atoms with Gasteiger partial charge in [-0.1, -0.05) is 35.8 Å². The number of hydrogen-bond acceptors (Lipinski definition) is 6. The van der Waals surface area contributed by atoms with Crippen LogP contribution in [0, 0.1) is 0 Å². The smallest absolute Gasteiger partial charge is 0.775 e. The van der Waals surface area contributed by atoms with Gasteiger partial charge in [0.15, 0.2) is 0 Å². The topological polar surface area (TPSA) is 120 Å². The summed E-state index contributed by atoms with van der Waals surface area (Å²) in [6, 6.07) is 0. The van der Waals surface area contributed by atoms with Crippen LogP contribution < -0.4 is 0 Å². The van der Waals surface area contributed by atoms with E-state index in [1.165, 1.54) is 0 Å². The Bertz CT molecular complexity index is 49.7. The zero-order valence-corrected chi connectivity index (χ0v) is 8.16. The Kier molecular flexibility index (Phi) is 116. The summed E-state index contributed by atoms with van der Waals surface area (Å²) in [7, 11) is 0. The molecule has 0 amide bonds. The van der Waals surface area contributed by atoms with Crippen molar-refractivity contribution in [3.63, 3.8) is 0 Å². The molecule has 0 aromatic heterocycles. The molecule has 0 aliphatic rings. The Morgan fingerprint density at radius 3 is 0.700 bits per heavy atom. The second-order valence-corrected chi connectivity index (χ2v) is 0.671. The van der Waals surface area contributed by atoms with Crippen LogP contribution in [0.5, 0.6) is 0 Å². The molecule has 1 radical (unpaired) electrons. The van der Waals surface area contributed by atoms with E-state index in [4.69, 9.17) is 26.3 Å². The molecule has 0 rings (SSSR count). The van der Waals surface area contributed by atoms with E-state index in [-0.39, 0.29) is 17.4 Å². The predicted octanol–water partition coefficient (Wildman–Crippen LogP) is -2.82. The monoisotopic (exact) mass is 247 g/mol. The Morgan fingerprint density at radius 1 is 0.700 bits per heavy atom. The summed E-state index contributed by atoms with van der Waals surface area (Å²) in [4.78, 5) is 0. The average molecular weight is 247 g/mol. The maximum Gasteiger partial charge on any atom is 3.00 e. The maximum atomic E-state index is 8.35. The number of thiol groups is 3. The summed E-state index contributed by atoms with van der Waals surface area (Å²) < 4.78 is 50.1. The first kappa shape index (κ1) is 22.4. The van der Waals surface area contributed by atoms with Gasteiger partial charge < -0.3 is 13.7 Å². The van der Waals surface area contributed by atoms with Crippen molar-refractivity contribution >= 4 is 35.8 Å². The van der Waals surface area contributed by atoms with E-state index in [2.05, 4.69) is 0 Å². The fourth-order valence-corrected chi connectivity index (χ4v) is 0. The van der Waals surface area contributed by atoms with Crippen LogP contribution in [0.4, 0.5) is 0 Å². The molecule has 0 atom stereocenters. The maximum absolute atomic E-state index is 8.35. The van der Waals surface area contributed by atoms with Gasteiger partial charge in [-0.05, 0) is 0 Å². The fraction of sp³-hybridized carbons (Fsp3) is 0. The van der Waals surface area contributed by atoms with E-state index >= 15 is 0 Å². The van der Waals surface area contributed by atoms with Gasteiger partial charge in [-0.15, -0.1) is 0 Å². The molecule has 6 nitrogen and oxygen atoms in total. The molecule has 0 aliphatic heterocycles. The fourth-order valence-electron chi connectivity index (χ4n) is 0. The Balaban J connectivity index is -0.0000000257. The van der Waals surface area contributed by atoms with Gasteiger partial charge in [0.25, 0.3) is 0 Å². The zero-order chi connectivity index (χ0) is 8.12. The van der Waals surface area contributed by atoms with Crippen LogP contribution in [0.25, 0.3) is 0 Å². The van der Waals surface area contributed by atoms with Crippen molar-refractivity contribution in [3.05, 3.63) is 0 Å². The van der Waals surface area contributed by atoms with Gasteiger partial charge in [-0.25, -0.2) is 0 Å². The molecule has 0 heterocycles. The molecule has 0 aromatic rings. The van der Waals surface area contributed by atoms with Crippen LogP contribution in [0.15, 0.2) is 0 Å². The number of hydrogen-bond donors (Lipinski definition) is 3. The van der Waals surface area contributed by atoms with Crippen LogP contribution in [-0.2, 0) is 53.2 Å². The summed E-state index contributed by atoms with van der Waals surface area (Å²) in [5.74, 6) is 0. The van der Waals surface area contributed by atoms with E-state index in [1.54, 1.807) is 0 Å². The SMILES string of the molecule is O=[SH][O-].O=[SH][O-].O=[SH][O-].[Cr+3]. The molecule has 63 valence electrons. The minimum absolute atomic E-state index is 0. The first-order valence-electron chi connectivity index (χ1n) is 1.10. The van der Waals surface area contributed by atoms with E-state index in [9.17, 15) is 0 Å². The minimum Gasteiger partial charge on any atom is -0.775 e. The van der Waals surface area contributed by atoms with Crippen molar-refractivity contribution in [2.45, 2.75) is 0 Å². The summed E-state index contributed by atoms with van der Waals surface area (Å²) in [6.07, 6.45) is 0. The average Bonchev–Trinajstić information content (AvgIpc) is 1.70. The molecule has 10 heavy (non-hydrogen) atoms. The standard InChI is InChI=1S/Cr.3H2O2S/c;3*1-3-2/h;3*3H,(H,1,2)/q+3;;;/p-3. The molecular formula is H3CrO6S3. The van der Waals surface area contributed by atoms with Crippen LogP contribution in [0.1, 0.15) is 0 Å². The van der Waals surface area contributed by atoms with Gasteiger partial charge in [-0.2, -0.15) is 0 Å². The molecule has 0 fully saturated rings. The van der Waals surface area contributed by atoms with Crippen LogP contribution >= 0.6 is 0 Å². The summed E-state index contributed by atoms with van der Waals surface area (Å²) >= 11 is -3.25. The summed E-state index contributed by atoms with van der Waals surface area (Å²) in [5.41, 5.74) is 0. The van der Waals surface area contributed by atoms with Gasteiger partial charge in [-0.3, -0.25) is 12.6 Å². The van der Waals surface area contributed by atoms with Crippen LogP contribution in [0.2, 0.25) is 0 Å². The van der Waals surface area contributed by atoms with Gasteiger partial charge in [0, 0.05) is 0 Å². The molecule has 0 spiro atoms. The van der Waals surface area contributed by atoms with Gasteiger partial charge >= 0.3 is 17.4 Å². The Morgan fingerprint density at radius 2 is 0.700 bits per heavy atom. The second-order valence-electron chi connectivity index (χ2n) is 0.224. The van der Waals surface area contributed by atoms with E-state index in [0.29, 0.717) is 0 Å². The Labute approximate surface area is 79.5 Å². The third-order valence-electron chi connectivity index (χ3n) is 0. The number of rotatable bonds is 0. The van der Waals surface area contributed by atoms with E-state index < -0.39 is 35.8 Å². The minimum atomic E-state index is -1.08. The van der Waals surface area contributed by atoms with Crippen molar-refractivity contribution in [1.82, 2.24) is 0 Å². The predicted molar refractivity (Wildman–Crippen MR) is 30.9 cm³/mol. The molecule has 0 N–H and O–H groups in total. The molecule has 0 unspecified atom stereocenters. The Hall–Kier alpha value is 0.862. The molecule has 0 saturated heterocycles. The van der Waals surface area contributed by atoms with Crippen molar-refractivity contribution < 1.29 is 43.6 Å². The van der Waals surface area contributed by atoms with E-state index in [0.717, 1.165) is 0 Å². The second kappa shape index (κ2) is 51.9. The third-order valence-corrected chi connectivity index (χ3v) is 0. The van der Waals surface area contributed by atoms with Crippen LogP contribution in [-0.4, -0.2) is 26.3 Å². The quantitative estimate of drug-likeness (QED) is 0.314. The van der Waals surface area contributed by atoms with Crippen molar-refractivity contribution in [2.75, 3.05) is 0 Å². The molecule has 0 aromatic carbocycles. The molecule has 0 aliphatic carbocycles. The zero-order valence-electron chi connectivity index (χ0n) is 4.20. The van der Waals surface area contributed by atoms with Gasteiger partial charge in [0.1, 0.15) is 0 Å². The molecule has 10 heteroatoms. The summed E-state index contributed by atoms with van der Waals surface area (Å²) in [5, 5.41) is 0. The van der Waals surface area contributed by atoms with Crippen molar-refractivity contribution in [2.24, 2.45) is 0 Å². The van der Waals surface area contributed by atoms with Crippen molar-refractivity contribution in [3.8, 4) is 0 Å². The van der Waals surface area contributed by atoms with Gasteiger partial charge in [0.2, 0.25) is 0 Å². The van der Waals surface area contributed by atoms with Crippen LogP contribution in [0.3, 0.4) is 0 Å². The van der Waals surface area contributed by atoms with Gasteiger partial charge in [0.05, 0.1) is 0 Å².